The fraction of sp³-hybridized carbons (Fsp3) is 0.538. The summed E-state index contributed by atoms with van der Waals surface area (Å²) in [5.41, 5.74) is 0.172. The van der Waals surface area contributed by atoms with Gasteiger partial charge in [-0.15, -0.1) is 11.6 Å². The van der Waals surface area contributed by atoms with Crippen LogP contribution in [0.5, 0.6) is 0 Å². The number of hydrogen-bond acceptors (Lipinski definition) is 2. The van der Waals surface area contributed by atoms with Gasteiger partial charge in [0.15, 0.2) is 0 Å². The van der Waals surface area contributed by atoms with E-state index in [-0.39, 0.29) is 17.5 Å². The summed E-state index contributed by atoms with van der Waals surface area (Å²) in [7, 11) is 1.64. The van der Waals surface area contributed by atoms with E-state index in [0.29, 0.717) is 17.4 Å². The quantitative estimate of drug-likeness (QED) is 0.829. The lowest BCUT2D eigenvalue weighted by Crippen LogP contribution is -2.37. The predicted molar refractivity (Wildman–Crippen MR) is 73.1 cm³/mol. The smallest absolute Gasteiger partial charge is 0.251 e. The Morgan fingerprint density at radius 1 is 1.50 bits per heavy atom. The molecule has 100 valence electrons. The third kappa shape index (κ3) is 4.18. The second-order valence-corrected chi connectivity index (χ2v) is 5.13. The summed E-state index contributed by atoms with van der Waals surface area (Å²) in [5, 5.41) is 2.84. The maximum absolute atomic E-state index is 11.9. The number of halogens is 1. The molecule has 1 rings (SSSR count). The van der Waals surface area contributed by atoms with Gasteiger partial charge in [-0.2, -0.15) is 0 Å². The van der Waals surface area contributed by atoms with Crippen molar-refractivity contribution < 1.29 is 4.79 Å². The fourth-order valence-electron chi connectivity index (χ4n) is 1.69. The molecule has 1 aromatic rings. The first-order chi connectivity index (χ1) is 8.43. The van der Waals surface area contributed by atoms with Gasteiger partial charge in [-0.05, 0) is 18.4 Å². The van der Waals surface area contributed by atoms with Crippen molar-refractivity contribution in [2.45, 2.75) is 26.3 Å². The molecule has 0 radical (unpaired) electrons. The zero-order chi connectivity index (χ0) is 13.7. The van der Waals surface area contributed by atoms with E-state index in [0.717, 1.165) is 6.42 Å². The van der Waals surface area contributed by atoms with Crippen LogP contribution in [0.3, 0.4) is 0 Å². The van der Waals surface area contributed by atoms with Crippen molar-refractivity contribution >= 4 is 17.5 Å². The molecule has 1 unspecified atom stereocenters. The van der Waals surface area contributed by atoms with Gasteiger partial charge in [-0.25, -0.2) is 0 Å². The van der Waals surface area contributed by atoms with Gasteiger partial charge >= 0.3 is 0 Å². The van der Waals surface area contributed by atoms with E-state index in [4.69, 9.17) is 11.6 Å². The van der Waals surface area contributed by atoms with Crippen LogP contribution in [0.2, 0.25) is 0 Å². The highest BCUT2D eigenvalue weighted by Gasteiger charge is 2.14. The standard InChI is InChI=1S/C13H19ClN2O2/c1-9(2)6-11(8-14)15-13(18)10-4-5-16(3)12(17)7-10/h4-5,7,9,11H,6,8H2,1-3H3,(H,15,18). The van der Waals surface area contributed by atoms with Gasteiger partial charge < -0.3 is 9.88 Å². The largest absolute Gasteiger partial charge is 0.348 e. The Kier molecular flexibility index (Phi) is 5.41. The molecule has 0 saturated heterocycles. The van der Waals surface area contributed by atoms with Crippen molar-refractivity contribution in [3.63, 3.8) is 0 Å². The highest BCUT2D eigenvalue weighted by Crippen LogP contribution is 2.07. The van der Waals surface area contributed by atoms with Gasteiger partial charge in [0.1, 0.15) is 0 Å². The molecule has 0 aliphatic rings. The summed E-state index contributed by atoms with van der Waals surface area (Å²) in [5.74, 6) is 0.575. The Bertz CT molecular complexity index is 468. The van der Waals surface area contributed by atoms with Crippen LogP contribution in [0, 0.1) is 5.92 Å². The van der Waals surface area contributed by atoms with Crippen LogP contribution in [0.15, 0.2) is 23.1 Å². The van der Waals surface area contributed by atoms with Gasteiger partial charge in [0.05, 0.1) is 0 Å². The number of alkyl halides is 1. The molecule has 1 N–H and O–H groups in total. The van der Waals surface area contributed by atoms with Crippen molar-refractivity contribution in [1.29, 1.82) is 0 Å². The number of pyridine rings is 1. The Morgan fingerprint density at radius 2 is 2.17 bits per heavy atom. The molecule has 1 aromatic heterocycles. The lowest BCUT2D eigenvalue weighted by molar-refractivity contribution is 0.0936. The molecular weight excluding hydrogens is 252 g/mol. The molecule has 0 aromatic carbocycles. The summed E-state index contributed by atoms with van der Waals surface area (Å²) in [6.45, 7) is 4.15. The van der Waals surface area contributed by atoms with Crippen LogP contribution in [0.1, 0.15) is 30.6 Å². The maximum atomic E-state index is 11.9. The molecule has 5 heteroatoms. The number of aryl methyl sites for hydroxylation is 1. The third-order valence-electron chi connectivity index (χ3n) is 2.64. The van der Waals surface area contributed by atoms with Crippen LogP contribution >= 0.6 is 11.6 Å². The number of nitrogens with one attached hydrogen (secondary N) is 1. The monoisotopic (exact) mass is 270 g/mol. The van der Waals surface area contributed by atoms with E-state index in [1.165, 1.54) is 10.6 Å². The minimum atomic E-state index is -0.251. The minimum absolute atomic E-state index is 0.0665. The molecule has 0 fully saturated rings. The highest BCUT2D eigenvalue weighted by molar-refractivity contribution is 6.18. The van der Waals surface area contributed by atoms with E-state index >= 15 is 0 Å². The van der Waals surface area contributed by atoms with E-state index in [2.05, 4.69) is 19.2 Å². The number of carbonyl (C=O) groups excluding carboxylic acids is 1. The summed E-state index contributed by atoms with van der Waals surface area (Å²) >= 11 is 5.82. The average Bonchev–Trinajstić information content (AvgIpc) is 2.31. The van der Waals surface area contributed by atoms with Gasteiger partial charge in [0, 0.05) is 36.8 Å². The third-order valence-corrected chi connectivity index (χ3v) is 3.02. The molecular formula is C13H19ClN2O2. The topological polar surface area (TPSA) is 51.1 Å². The lowest BCUT2D eigenvalue weighted by Gasteiger charge is -2.18. The van der Waals surface area contributed by atoms with E-state index in [9.17, 15) is 9.59 Å². The van der Waals surface area contributed by atoms with Crippen LogP contribution in [0.25, 0.3) is 0 Å². The molecule has 4 nitrogen and oxygen atoms in total. The number of rotatable bonds is 5. The summed E-state index contributed by atoms with van der Waals surface area (Å²) in [6.07, 6.45) is 2.40. The van der Waals surface area contributed by atoms with Crippen LogP contribution in [0.4, 0.5) is 0 Å². The van der Waals surface area contributed by atoms with Crippen molar-refractivity contribution in [2.75, 3.05) is 5.88 Å². The maximum Gasteiger partial charge on any atom is 0.251 e. The molecule has 0 bridgehead atoms. The van der Waals surface area contributed by atoms with Crippen molar-refractivity contribution in [1.82, 2.24) is 9.88 Å². The number of nitrogens with zero attached hydrogens (tertiary/aromatic N) is 1. The Balaban J connectivity index is 2.74. The zero-order valence-electron chi connectivity index (χ0n) is 10.9. The highest BCUT2D eigenvalue weighted by atomic mass is 35.5. The molecule has 18 heavy (non-hydrogen) atoms. The van der Waals surface area contributed by atoms with Crippen LogP contribution < -0.4 is 10.9 Å². The molecule has 1 heterocycles. The van der Waals surface area contributed by atoms with E-state index in [1.54, 1.807) is 19.3 Å². The average molecular weight is 271 g/mol. The molecule has 0 saturated carbocycles. The zero-order valence-corrected chi connectivity index (χ0v) is 11.7. The first kappa shape index (κ1) is 14.8. The lowest BCUT2D eigenvalue weighted by atomic mass is 10.0. The molecule has 0 aliphatic heterocycles. The first-order valence-corrected chi connectivity index (χ1v) is 6.51. The minimum Gasteiger partial charge on any atom is -0.348 e. The van der Waals surface area contributed by atoms with Crippen molar-refractivity contribution in [3.8, 4) is 0 Å². The molecule has 1 amide bonds. The van der Waals surface area contributed by atoms with Crippen LogP contribution in [-0.2, 0) is 7.05 Å². The van der Waals surface area contributed by atoms with Crippen LogP contribution in [-0.4, -0.2) is 22.4 Å². The molecule has 1 atom stereocenters. The van der Waals surface area contributed by atoms with E-state index in [1.807, 2.05) is 0 Å². The molecule has 0 spiro atoms. The predicted octanol–water partition coefficient (Wildman–Crippen LogP) is 1.77. The number of amides is 1. The van der Waals surface area contributed by atoms with Gasteiger partial charge in [-0.3, -0.25) is 9.59 Å². The first-order valence-electron chi connectivity index (χ1n) is 5.97. The molecule has 0 aliphatic carbocycles. The Labute approximate surface area is 112 Å². The second kappa shape index (κ2) is 6.59. The second-order valence-electron chi connectivity index (χ2n) is 4.82. The van der Waals surface area contributed by atoms with Crippen molar-refractivity contribution in [3.05, 3.63) is 34.2 Å². The Morgan fingerprint density at radius 3 is 2.67 bits per heavy atom. The number of aromatic nitrogens is 1. The van der Waals surface area contributed by atoms with Gasteiger partial charge in [-0.1, -0.05) is 13.8 Å². The number of carbonyl (C=O) groups is 1. The fourth-order valence-corrected chi connectivity index (χ4v) is 1.89. The van der Waals surface area contributed by atoms with Gasteiger partial charge in [0.2, 0.25) is 0 Å². The van der Waals surface area contributed by atoms with Gasteiger partial charge in [0.25, 0.3) is 11.5 Å². The SMILES string of the molecule is CC(C)CC(CCl)NC(=O)c1ccn(C)c(=O)c1. The number of hydrogen-bond donors (Lipinski definition) is 1. The summed E-state index contributed by atoms with van der Waals surface area (Å²) in [4.78, 5) is 23.4. The van der Waals surface area contributed by atoms with Crippen molar-refractivity contribution in [2.24, 2.45) is 13.0 Å². The Hall–Kier alpha value is -1.29. The normalized spacial score (nSPS) is 12.5. The summed E-state index contributed by atoms with van der Waals surface area (Å²) < 4.78 is 1.42. The van der Waals surface area contributed by atoms with E-state index < -0.39 is 0 Å². The summed E-state index contributed by atoms with van der Waals surface area (Å²) in [6, 6.07) is 2.89.